The summed E-state index contributed by atoms with van der Waals surface area (Å²) in [6.07, 6.45) is 1.20. The molecule has 1 heterocycles. The normalized spacial score (nSPS) is 16.7. The third-order valence-corrected chi connectivity index (χ3v) is 6.38. The Morgan fingerprint density at radius 2 is 2.00 bits per heavy atom. The van der Waals surface area contributed by atoms with Gasteiger partial charge in [-0.05, 0) is 30.9 Å². The van der Waals surface area contributed by atoms with Crippen molar-refractivity contribution in [2.45, 2.75) is 30.5 Å². The highest BCUT2D eigenvalue weighted by molar-refractivity contribution is 8.01. The molecule has 0 aromatic heterocycles. The van der Waals surface area contributed by atoms with Gasteiger partial charge in [-0.2, -0.15) is 11.8 Å². The van der Waals surface area contributed by atoms with Crippen LogP contribution in [0.15, 0.2) is 12.1 Å². The van der Waals surface area contributed by atoms with Crippen LogP contribution >= 0.6 is 11.8 Å². The van der Waals surface area contributed by atoms with Crippen molar-refractivity contribution in [1.29, 1.82) is 0 Å². The van der Waals surface area contributed by atoms with Crippen LogP contribution in [0.4, 0.5) is 0 Å². The molecular weight excluding hydrogens is 427 g/mol. The van der Waals surface area contributed by atoms with E-state index in [9.17, 15) is 34.6 Å². The van der Waals surface area contributed by atoms with Crippen molar-refractivity contribution < 1.29 is 39.4 Å². The van der Waals surface area contributed by atoms with Gasteiger partial charge >= 0.3 is 13.1 Å². The van der Waals surface area contributed by atoms with Crippen LogP contribution in [0.3, 0.4) is 0 Å². The number of hydrogen-bond acceptors (Lipinski definition) is 8. The summed E-state index contributed by atoms with van der Waals surface area (Å²) in [6.45, 7) is 0.456. The molecular formula is C19H27BN2O8S. The van der Waals surface area contributed by atoms with Gasteiger partial charge in [-0.3, -0.25) is 9.59 Å². The zero-order valence-corrected chi connectivity index (χ0v) is 18.5. The highest BCUT2D eigenvalue weighted by Crippen LogP contribution is 2.33. The number of likely N-dealkylation sites (N-methyl/N-ethyl adjacent to an activating group) is 1. The first kappa shape index (κ1) is 24.8. The summed E-state index contributed by atoms with van der Waals surface area (Å²) in [5.41, 5.74) is -0.243. The molecule has 4 N–H and O–H groups in total. The van der Waals surface area contributed by atoms with Crippen molar-refractivity contribution in [1.82, 2.24) is 9.80 Å². The molecule has 1 aliphatic heterocycles. The lowest BCUT2D eigenvalue weighted by Gasteiger charge is -2.27. The molecule has 1 aliphatic rings. The summed E-state index contributed by atoms with van der Waals surface area (Å²) in [5, 5.41) is 38.3. The molecule has 1 aromatic rings. The van der Waals surface area contributed by atoms with E-state index in [1.54, 1.807) is 14.1 Å². The van der Waals surface area contributed by atoms with Gasteiger partial charge in [0.1, 0.15) is 23.1 Å². The molecule has 0 saturated carbocycles. The smallest absolute Gasteiger partial charge is 0.465 e. The number of nitrogens with zero attached hydrogens (tertiary/aromatic N) is 2. The monoisotopic (exact) mass is 454 g/mol. The van der Waals surface area contributed by atoms with Gasteiger partial charge in [0.15, 0.2) is 0 Å². The number of likely N-dealkylation sites (tertiary alicyclic amines) is 1. The molecule has 1 aromatic carbocycles. The molecule has 12 heteroatoms. The Balaban J connectivity index is 2.11. The quantitative estimate of drug-likeness (QED) is 0.374. The molecule has 2 amide bonds. The van der Waals surface area contributed by atoms with E-state index < -0.39 is 35.6 Å². The fourth-order valence-corrected chi connectivity index (χ4v) is 4.50. The Morgan fingerprint density at radius 3 is 2.55 bits per heavy atom. The van der Waals surface area contributed by atoms with Crippen molar-refractivity contribution >= 4 is 36.7 Å². The maximum Gasteiger partial charge on any atom is 0.465 e. The zero-order valence-electron chi connectivity index (χ0n) is 17.6. The number of thioether (sulfide) groups is 1. The van der Waals surface area contributed by atoms with Gasteiger partial charge < -0.3 is 34.8 Å². The van der Waals surface area contributed by atoms with Crippen LogP contribution in [0.5, 0.6) is 11.5 Å². The predicted octanol–water partition coefficient (Wildman–Crippen LogP) is -0.165. The first-order chi connectivity index (χ1) is 14.6. The zero-order chi connectivity index (χ0) is 23.3. The van der Waals surface area contributed by atoms with E-state index in [1.807, 2.05) is 0 Å². The van der Waals surface area contributed by atoms with Crippen LogP contribution in [0.1, 0.15) is 28.8 Å². The number of hydrogen-bond donors (Lipinski definition) is 4. The van der Waals surface area contributed by atoms with Gasteiger partial charge in [0.2, 0.25) is 11.8 Å². The van der Waals surface area contributed by atoms with Crippen LogP contribution < -0.4 is 4.74 Å². The summed E-state index contributed by atoms with van der Waals surface area (Å²) >= 11 is 0.969. The third-order valence-electron chi connectivity index (χ3n) is 5.13. The Bertz CT molecular complexity index is 835. The van der Waals surface area contributed by atoms with E-state index in [0.717, 1.165) is 11.8 Å². The van der Waals surface area contributed by atoms with Crippen molar-refractivity contribution in [3.8, 4) is 11.5 Å². The average Bonchev–Trinajstić information content (AvgIpc) is 3.20. The van der Waals surface area contributed by atoms with Crippen molar-refractivity contribution in [3.05, 3.63) is 23.3 Å². The molecule has 31 heavy (non-hydrogen) atoms. The highest BCUT2D eigenvalue weighted by Gasteiger charge is 2.36. The molecule has 1 saturated heterocycles. The minimum atomic E-state index is -1.81. The molecule has 1 fully saturated rings. The standard InChI is InChI=1S/C19H27BN2O8S/c1-21(2)18(25)12-5-4-8-22(12)15(23)10-31-14(20(28)29)9-11-6-7-13(30-3)16(17(11)24)19(26)27/h6-7,12,14,24,28-29H,4-5,8-10H2,1-3H3,(H,26,27)/t12?,14-/m0/s1. The molecule has 0 spiro atoms. The van der Waals surface area contributed by atoms with Crippen LogP contribution in [-0.4, -0.2) is 99.7 Å². The van der Waals surface area contributed by atoms with Gasteiger partial charge in [-0.1, -0.05) is 6.07 Å². The second kappa shape index (κ2) is 10.7. The first-order valence-corrected chi connectivity index (χ1v) is 10.7. The maximum atomic E-state index is 12.7. The summed E-state index contributed by atoms with van der Waals surface area (Å²) in [5.74, 6) is -2.48. The van der Waals surface area contributed by atoms with Gasteiger partial charge in [0.25, 0.3) is 0 Å². The number of carbonyl (C=O) groups is 3. The molecule has 0 radical (unpaired) electrons. The van der Waals surface area contributed by atoms with Gasteiger partial charge in [0, 0.05) is 25.8 Å². The summed E-state index contributed by atoms with van der Waals surface area (Å²) < 4.78 is 4.95. The van der Waals surface area contributed by atoms with Crippen molar-refractivity contribution in [2.24, 2.45) is 0 Å². The van der Waals surface area contributed by atoms with Gasteiger partial charge in [-0.15, -0.1) is 0 Å². The van der Waals surface area contributed by atoms with Gasteiger partial charge in [0.05, 0.1) is 12.9 Å². The number of carboxylic acids is 1. The van der Waals surface area contributed by atoms with Crippen molar-refractivity contribution in [3.63, 3.8) is 0 Å². The fraction of sp³-hybridized carbons (Fsp3) is 0.526. The molecule has 2 atom stereocenters. The minimum Gasteiger partial charge on any atom is -0.507 e. The lowest BCUT2D eigenvalue weighted by Crippen LogP contribution is -2.46. The Labute approximate surface area is 184 Å². The van der Waals surface area contributed by atoms with E-state index in [-0.39, 0.29) is 35.3 Å². The number of benzene rings is 1. The van der Waals surface area contributed by atoms with Crippen molar-refractivity contribution in [2.75, 3.05) is 33.5 Å². The summed E-state index contributed by atoms with van der Waals surface area (Å²) in [6, 6.07) is 2.28. The van der Waals surface area contributed by atoms with Gasteiger partial charge in [-0.25, -0.2) is 4.79 Å². The van der Waals surface area contributed by atoms with Crippen LogP contribution in [0, 0.1) is 0 Å². The Morgan fingerprint density at radius 1 is 1.32 bits per heavy atom. The van der Waals surface area contributed by atoms with Crippen LogP contribution in [0.2, 0.25) is 0 Å². The lowest BCUT2D eigenvalue weighted by molar-refractivity contribution is -0.140. The number of carbonyl (C=O) groups excluding carboxylic acids is 2. The Hall–Kier alpha value is -2.44. The number of aromatic carboxylic acids is 1. The lowest BCUT2D eigenvalue weighted by atomic mass is 9.81. The largest absolute Gasteiger partial charge is 0.507 e. The SMILES string of the molecule is COc1ccc(C[C@H](SCC(=O)N2CCCC2C(=O)N(C)C)B(O)O)c(O)c1C(=O)O. The first-order valence-electron chi connectivity index (χ1n) is 9.69. The predicted molar refractivity (Wildman–Crippen MR) is 115 cm³/mol. The molecule has 10 nitrogen and oxygen atoms in total. The van der Waals surface area contributed by atoms with E-state index in [1.165, 1.54) is 29.0 Å². The number of phenols is 1. The fourth-order valence-electron chi connectivity index (χ4n) is 3.51. The Kier molecular flexibility index (Phi) is 8.60. The van der Waals surface area contributed by atoms with Crippen LogP contribution in [-0.2, 0) is 16.0 Å². The summed E-state index contributed by atoms with van der Waals surface area (Å²) in [4.78, 5) is 39.4. The number of ether oxygens (including phenoxy) is 1. The van der Waals surface area contributed by atoms with Crippen LogP contribution in [0.25, 0.3) is 0 Å². The van der Waals surface area contributed by atoms with E-state index in [4.69, 9.17) is 4.74 Å². The van der Waals surface area contributed by atoms with E-state index in [2.05, 4.69) is 0 Å². The highest BCUT2D eigenvalue weighted by atomic mass is 32.2. The molecule has 0 aliphatic carbocycles. The molecule has 1 unspecified atom stereocenters. The maximum absolute atomic E-state index is 12.7. The number of rotatable bonds is 9. The minimum absolute atomic E-state index is 0.0247. The van der Waals surface area contributed by atoms with E-state index in [0.29, 0.717) is 19.4 Å². The van der Waals surface area contributed by atoms with E-state index >= 15 is 0 Å². The number of methoxy groups -OCH3 is 1. The topological polar surface area (TPSA) is 148 Å². The number of aromatic hydroxyl groups is 1. The number of amides is 2. The molecule has 170 valence electrons. The molecule has 2 rings (SSSR count). The third kappa shape index (κ3) is 5.84. The molecule has 0 bridgehead atoms. The summed E-state index contributed by atoms with van der Waals surface area (Å²) in [7, 11) is 2.71. The average molecular weight is 454 g/mol. The second-order valence-electron chi connectivity index (χ2n) is 7.40. The second-order valence-corrected chi connectivity index (χ2v) is 8.63. The number of carboxylic acid groups (broad SMARTS) is 1.